The van der Waals surface area contributed by atoms with Crippen molar-refractivity contribution in [2.75, 3.05) is 43.4 Å². The third-order valence-electron chi connectivity index (χ3n) is 4.41. The summed E-state index contributed by atoms with van der Waals surface area (Å²) in [6.07, 6.45) is -4.36. The van der Waals surface area contributed by atoms with Crippen LogP contribution in [0.15, 0.2) is 24.3 Å². The molecule has 0 bridgehead atoms. The lowest BCUT2D eigenvalue weighted by atomic mass is 10.1. The van der Waals surface area contributed by atoms with E-state index in [2.05, 4.69) is 9.69 Å². The van der Waals surface area contributed by atoms with E-state index in [1.54, 1.807) is 24.9 Å². The number of rotatable bonds is 3. The fourth-order valence-electron chi connectivity index (χ4n) is 3.00. The third kappa shape index (κ3) is 3.62. The second kappa shape index (κ2) is 7.14. The van der Waals surface area contributed by atoms with E-state index in [-0.39, 0.29) is 5.91 Å². The number of carbonyl (C=O) groups is 1. The molecule has 0 unspecified atom stereocenters. The SMILES string of the molecule is CNc1snc(C)c1C(=O)N1CCN(c2cccc(C(F)(F)F)c2)CC1. The molecule has 1 fully saturated rings. The van der Waals surface area contributed by atoms with Crippen molar-refractivity contribution < 1.29 is 18.0 Å². The van der Waals surface area contributed by atoms with Gasteiger partial charge in [-0.25, -0.2) is 0 Å². The van der Waals surface area contributed by atoms with E-state index in [0.717, 1.165) is 17.1 Å². The molecule has 1 aromatic carbocycles. The minimum atomic E-state index is -4.36. The maximum Gasteiger partial charge on any atom is 0.416 e. The molecule has 1 aliphatic rings. The zero-order chi connectivity index (χ0) is 18.9. The molecule has 5 nitrogen and oxygen atoms in total. The topological polar surface area (TPSA) is 48.5 Å². The van der Waals surface area contributed by atoms with Crippen LogP contribution < -0.4 is 10.2 Å². The second-order valence-corrected chi connectivity index (χ2v) is 6.82. The Labute approximate surface area is 153 Å². The zero-order valence-electron chi connectivity index (χ0n) is 14.4. The summed E-state index contributed by atoms with van der Waals surface area (Å²) in [5.41, 5.74) is 1.12. The fourth-order valence-corrected chi connectivity index (χ4v) is 3.73. The number of hydrogen-bond acceptors (Lipinski definition) is 5. The van der Waals surface area contributed by atoms with E-state index in [1.165, 1.54) is 17.6 Å². The molecule has 0 atom stereocenters. The minimum Gasteiger partial charge on any atom is -0.378 e. The molecule has 140 valence electrons. The van der Waals surface area contributed by atoms with Crippen molar-refractivity contribution in [3.8, 4) is 0 Å². The van der Waals surface area contributed by atoms with Crippen molar-refractivity contribution in [3.63, 3.8) is 0 Å². The van der Waals surface area contributed by atoms with E-state index in [1.807, 2.05) is 4.90 Å². The van der Waals surface area contributed by atoms with Gasteiger partial charge >= 0.3 is 6.18 Å². The molecule has 26 heavy (non-hydrogen) atoms. The first-order chi connectivity index (χ1) is 12.3. The molecule has 1 saturated heterocycles. The van der Waals surface area contributed by atoms with Gasteiger partial charge in [0.15, 0.2) is 0 Å². The summed E-state index contributed by atoms with van der Waals surface area (Å²) in [6, 6.07) is 5.30. The molecule has 3 rings (SSSR count). The van der Waals surface area contributed by atoms with Crippen LogP contribution in [0.4, 0.5) is 23.9 Å². The van der Waals surface area contributed by atoms with Crippen LogP contribution in [-0.2, 0) is 6.18 Å². The molecule has 0 saturated carbocycles. The Hall–Kier alpha value is -2.29. The Morgan fingerprint density at radius 2 is 1.92 bits per heavy atom. The van der Waals surface area contributed by atoms with Crippen molar-refractivity contribution in [1.29, 1.82) is 0 Å². The average Bonchev–Trinajstić information content (AvgIpc) is 3.01. The van der Waals surface area contributed by atoms with Crippen molar-refractivity contribution in [1.82, 2.24) is 9.27 Å². The lowest BCUT2D eigenvalue weighted by Crippen LogP contribution is -2.49. The first-order valence-corrected chi connectivity index (χ1v) is 8.94. The van der Waals surface area contributed by atoms with Gasteiger partial charge in [-0.05, 0) is 36.7 Å². The highest BCUT2D eigenvalue weighted by molar-refractivity contribution is 7.10. The van der Waals surface area contributed by atoms with Crippen LogP contribution in [0, 0.1) is 6.92 Å². The molecule has 0 aliphatic carbocycles. The quantitative estimate of drug-likeness (QED) is 0.880. The summed E-state index contributed by atoms with van der Waals surface area (Å²) in [5, 5.41) is 3.71. The summed E-state index contributed by atoms with van der Waals surface area (Å²) < 4.78 is 42.9. The van der Waals surface area contributed by atoms with Gasteiger partial charge in [-0.2, -0.15) is 17.5 Å². The lowest BCUT2D eigenvalue weighted by Gasteiger charge is -2.36. The van der Waals surface area contributed by atoms with Gasteiger partial charge in [0, 0.05) is 38.9 Å². The molecule has 2 aromatic rings. The first-order valence-electron chi connectivity index (χ1n) is 8.16. The number of aryl methyl sites for hydroxylation is 1. The van der Waals surface area contributed by atoms with E-state index < -0.39 is 11.7 Å². The standard InChI is InChI=1S/C17H19F3N4OS/c1-11-14(15(21-2)26-22-11)16(25)24-8-6-23(7-9-24)13-5-3-4-12(10-13)17(18,19)20/h3-5,10,21H,6-9H2,1-2H3. The molecule has 1 aliphatic heterocycles. The van der Waals surface area contributed by atoms with Crippen LogP contribution in [0.2, 0.25) is 0 Å². The summed E-state index contributed by atoms with van der Waals surface area (Å²) >= 11 is 1.24. The summed E-state index contributed by atoms with van der Waals surface area (Å²) in [7, 11) is 1.75. The number of aromatic nitrogens is 1. The van der Waals surface area contributed by atoms with E-state index in [0.29, 0.717) is 43.1 Å². The highest BCUT2D eigenvalue weighted by Gasteiger charge is 2.31. The van der Waals surface area contributed by atoms with Gasteiger partial charge in [0.2, 0.25) is 0 Å². The Bertz CT molecular complexity index is 798. The first kappa shape index (κ1) is 18.5. The maximum atomic E-state index is 12.9. The molecule has 1 aromatic heterocycles. The Kier molecular flexibility index (Phi) is 5.08. The number of alkyl halides is 3. The molecular formula is C17H19F3N4OS. The van der Waals surface area contributed by atoms with Gasteiger partial charge in [0.05, 0.1) is 16.8 Å². The van der Waals surface area contributed by atoms with Crippen LogP contribution >= 0.6 is 11.5 Å². The van der Waals surface area contributed by atoms with Gasteiger partial charge in [-0.15, -0.1) is 0 Å². The van der Waals surface area contributed by atoms with Crippen molar-refractivity contribution in [2.45, 2.75) is 13.1 Å². The number of carbonyl (C=O) groups excluding carboxylic acids is 1. The second-order valence-electron chi connectivity index (χ2n) is 6.05. The molecule has 9 heteroatoms. The predicted molar refractivity (Wildman–Crippen MR) is 96.0 cm³/mol. The van der Waals surface area contributed by atoms with Gasteiger partial charge in [0.25, 0.3) is 5.91 Å². The largest absolute Gasteiger partial charge is 0.416 e. The number of piperazine rings is 1. The van der Waals surface area contributed by atoms with Crippen molar-refractivity contribution >= 4 is 28.1 Å². The van der Waals surface area contributed by atoms with E-state index in [9.17, 15) is 18.0 Å². The molecule has 1 N–H and O–H groups in total. The average molecular weight is 384 g/mol. The van der Waals surface area contributed by atoms with Crippen LogP contribution in [-0.4, -0.2) is 48.4 Å². The van der Waals surface area contributed by atoms with Crippen LogP contribution in [0.1, 0.15) is 21.6 Å². The normalized spacial score (nSPS) is 15.3. The smallest absolute Gasteiger partial charge is 0.378 e. The molecule has 0 spiro atoms. The highest BCUT2D eigenvalue weighted by Crippen LogP contribution is 2.32. The monoisotopic (exact) mass is 384 g/mol. The van der Waals surface area contributed by atoms with Crippen LogP contribution in [0.5, 0.6) is 0 Å². The van der Waals surface area contributed by atoms with E-state index >= 15 is 0 Å². The van der Waals surface area contributed by atoms with Crippen molar-refractivity contribution in [3.05, 3.63) is 41.1 Å². The fraction of sp³-hybridized carbons (Fsp3) is 0.412. The highest BCUT2D eigenvalue weighted by atomic mass is 32.1. The van der Waals surface area contributed by atoms with E-state index in [4.69, 9.17) is 0 Å². The summed E-state index contributed by atoms with van der Waals surface area (Å²) in [5.74, 6) is -0.0932. The molecule has 0 radical (unpaired) electrons. The Morgan fingerprint density at radius 1 is 1.23 bits per heavy atom. The number of nitrogens with one attached hydrogen (secondary N) is 1. The Balaban J connectivity index is 1.70. The van der Waals surface area contributed by atoms with Gasteiger partial charge in [0.1, 0.15) is 5.00 Å². The minimum absolute atomic E-state index is 0.0932. The number of benzene rings is 1. The number of halogens is 3. The predicted octanol–water partition coefficient (Wildman–Crippen LogP) is 3.47. The third-order valence-corrected chi connectivity index (χ3v) is 5.37. The van der Waals surface area contributed by atoms with Gasteiger partial charge in [-0.3, -0.25) is 4.79 Å². The number of anilines is 2. The molecular weight excluding hydrogens is 365 g/mol. The van der Waals surface area contributed by atoms with Crippen LogP contribution in [0.25, 0.3) is 0 Å². The van der Waals surface area contributed by atoms with Crippen molar-refractivity contribution in [2.24, 2.45) is 0 Å². The van der Waals surface area contributed by atoms with Crippen LogP contribution in [0.3, 0.4) is 0 Å². The van der Waals surface area contributed by atoms with Gasteiger partial charge < -0.3 is 15.1 Å². The summed E-state index contributed by atoms with van der Waals surface area (Å²) in [4.78, 5) is 16.4. The maximum absolute atomic E-state index is 12.9. The number of amides is 1. The molecule has 1 amide bonds. The van der Waals surface area contributed by atoms with Gasteiger partial charge in [-0.1, -0.05) is 6.07 Å². The lowest BCUT2D eigenvalue weighted by molar-refractivity contribution is -0.137. The Morgan fingerprint density at radius 3 is 2.54 bits per heavy atom. The molecule has 2 heterocycles. The number of hydrogen-bond donors (Lipinski definition) is 1. The zero-order valence-corrected chi connectivity index (χ0v) is 15.2. The summed E-state index contributed by atoms with van der Waals surface area (Å²) in [6.45, 7) is 3.67. The number of nitrogens with zero attached hydrogens (tertiary/aromatic N) is 3.